The minimum Gasteiger partial charge on any atom is -0.359 e. The molecule has 2 nitrogen and oxygen atoms in total. The maximum atomic E-state index is 11.3. The van der Waals surface area contributed by atoms with E-state index in [0.29, 0.717) is 6.42 Å². The number of aromatic nitrogens is 1. The number of aromatic amines is 1. The first-order chi connectivity index (χ1) is 5.77. The van der Waals surface area contributed by atoms with Gasteiger partial charge in [-0.15, -0.1) is 0 Å². The lowest BCUT2D eigenvalue weighted by molar-refractivity contribution is 0.0977. The number of rotatable bonds is 4. The van der Waals surface area contributed by atoms with Crippen LogP contribution in [0.2, 0.25) is 0 Å². The number of hydrogen-bond donors (Lipinski definition) is 1. The summed E-state index contributed by atoms with van der Waals surface area (Å²) < 4.78 is 0. The summed E-state index contributed by atoms with van der Waals surface area (Å²) >= 11 is 0. The van der Waals surface area contributed by atoms with Gasteiger partial charge in [0, 0.05) is 12.6 Å². The molecule has 0 atom stereocenters. The molecule has 1 aromatic rings. The first-order valence-electron chi connectivity index (χ1n) is 4.48. The molecule has 0 aliphatic carbocycles. The Morgan fingerprint density at radius 1 is 1.50 bits per heavy atom. The molecule has 1 rings (SSSR count). The van der Waals surface area contributed by atoms with Crippen molar-refractivity contribution in [1.82, 2.24) is 4.98 Å². The number of H-pyrrole nitrogens is 1. The van der Waals surface area contributed by atoms with Crippen LogP contribution in [0, 0.1) is 0 Å². The van der Waals surface area contributed by atoms with Gasteiger partial charge < -0.3 is 4.98 Å². The van der Waals surface area contributed by atoms with Gasteiger partial charge in [0.2, 0.25) is 0 Å². The number of aryl methyl sites for hydroxylation is 1. The van der Waals surface area contributed by atoms with Crippen LogP contribution in [0.4, 0.5) is 0 Å². The minimum absolute atomic E-state index is 0.220. The SMILES string of the molecule is CCCC(=O)c1cc(CC)c[nH]1. The Kier molecular flexibility index (Phi) is 3.09. The van der Waals surface area contributed by atoms with Crippen LogP contribution in [0.15, 0.2) is 12.3 Å². The van der Waals surface area contributed by atoms with Crippen LogP contribution in [0.3, 0.4) is 0 Å². The highest BCUT2D eigenvalue weighted by molar-refractivity contribution is 5.94. The smallest absolute Gasteiger partial charge is 0.178 e. The van der Waals surface area contributed by atoms with Gasteiger partial charge in [0.05, 0.1) is 5.69 Å². The number of nitrogens with one attached hydrogen (secondary N) is 1. The van der Waals surface area contributed by atoms with Crippen molar-refractivity contribution in [3.05, 3.63) is 23.5 Å². The summed E-state index contributed by atoms with van der Waals surface area (Å²) in [5, 5.41) is 0. The fraction of sp³-hybridized carbons (Fsp3) is 0.500. The molecule has 0 radical (unpaired) electrons. The third-order valence-corrected chi connectivity index (χ3v) is 1.93. The Balaban J connectivity index is 2.68. The second-order valence-corrected chi connectivity index (χ2v) is 2.95. The first-order valence-corrected chi connectivity index (χ1v) is 4.48. The van der Waals surface area contributed by atoms with Crippen LogP contribution < -0.4 is 0 Å². The largest absolute Gasteiger partial charge is 0.359 e. The molecule has 0 amide bonds. The van der Waals surface area contributed by atoms with Gasteiger partial charge in [0.1, 0.15) is 0 Å². The van der Waals surface area contributed by atoms with Gasteiger partial charge >= 0.3 is 0 Å². The molecule has 0 saturated carbocycles. The van der Waals surface area contributed by atoms with Gasteiger partial charge in [0.25, 0.3) is 0 Å². The molecule has 0 bridgehead atoms. The summed E-state index contributed by atoms with van der Waals surface area (Å²) in [7, 11) is 0. The normalized spacial score (nSPS) is 10.2. The van der Waals surface area contributed by atoms with Crippen molar-refractivity contribution in [3.63, 3.8) is 0 Å². The zero-order valence-electron chi connectivity index (χ0n) is 7.68. The molecule has 2 heteroatoms. The molecule has 0 fully saturated rings. The number of carbonyl (C=O) groups excluding carboxylic acids is 1. The molecule has 1 heterocycles. The van der Waals surface area contributed by atoms with Gasteiger partial charge in [0.15, 0.2) is 5.78 Å². The molecule has 1 N–H and O–H groups in total. The number of ketones is 1. The van der Waals surface area contributed by atoms with E-state index < -0.39 is 0 Å². The second kappa shape index (κ2) is 4.10. The van der Waals surface area contributed by atoms with Crippen molar-refractivity contribution in [2.45, 2.75) is 33.1 Å². The van der Waals surface area contributed by atoms with Crippen molar-refractivity contribution in [1.29, 1.82) is 0 Å². The molecule has 66 valence electrons. The average Bonchev–Trinajstić information content (AvgIpc) is 2.52. The predicted octanol–water partition coefficient (Wildman–Crippen LogP) is 2.56. The molecule has 1 aromatic heterocycles. The average molecular weight is 165 g/mol. The lowest BCUT2D eigenvalue weighted by Gasteiger charge is -1.92. The summed E-state index contributed by atoms with van der Waals surface area (Å²) in [6, 6.07) is 1.94. The minimum atomic E-state index is 0.220. The topological polar surface area (TPSA) is 32.9 Å². The Morgan fingerprint density at radius 2 is 2.25 bits per heavy atom. The fourth-order valence-corrected chi connectivity index (χ4v) is 1.17. The van der Waals surface area contributed by atoms with E-state index in [1.165, 1.54) is 5.56 Å². The third kappa shape index (κ3) is 1.97. The molecule has 0 saturated heterocycles. The van der Waals surface area contributed by atoms with E-state index in [9.17, 15) is 4.79 Å². The van der Waals surface area contributed by atoms with E-state index in [2.05, 4.69) is 11.9 Å². The lowest BCUT2D eigenvalue weighted by Crippen LogP contribution is -1.97. The van der Waals surface area contributed by atoms with E-state index in [1.54, 1.807) is 0 Å². The summed E-state index contributed by atoms with van der Waals surface area (Å²) in [6.45, 7) is 4.10. The highest BCUT2D eigenvalue weighted by atomic mass is 16.1. The van der Waals surface area contributed by atoms with Crippen molar-refractivity contribution in [2.75, 3.05) is 0 Å². The molecule has 0 aliphatic heterocycles. The van der Waals surface area contributed by atoms with E-state index >= 15 is 0 Å². The molecule has 0 aliphatic rings. The van der Waals surface area contributed by atoms with Crippen LogP contribution in [0.5, 0.6) is 0 Å². The number of carbonyl (C=O) groups is 1. The Bertz CT molecular complexity index is 263. The van der Waals surface area contributed by atoms with Crippen LogP contribution in [-0.2, 0) is 6.42 Å². The molecule has 0 aromatic carbocycles. The summed E-state index contributed by atoms with van der Waals surface area (Å²) in [4.78, 5) is 14.3. The molecule has 0 unspecified atom stereocenters. The Labute approximate surface area is 73.0 Å². The van der Waals surface area contributed by atoms with Crippen LogP contribution in [-0.4, -0.2) is 10.8 Å². The van der Waals surface area contributed by atoms with E-state index in [4.69, 9.17) is 0 Å². The van der Waals surface area contributed by atoms with Crippen molar-refractivity contribution >= 4 is 5.78 Å². The van der Waals surface area contributed by atoms with Gasteiger partial charge in [-0.1, -0.05) is 13.8 Å². The van der Waals surface area contributed by atoms with Crippen LogP contribution >= 0.6 is 0 Å². The monoisotopic (exact) mass is 165 g/mol. The lowest BCUT2D eigenvalue weighted by atomic mass is 10.1. The summed E-state index contributed by atoms with van der Waals surface area (Å²) in [6.07, 6.45) is 4.45. The van der Waals surface area contributed by atoms with E-state index in [1.807, 2.05) is 19.2 Å². The zero-order valence-corrected chi connectivity index (χ0v) is 7.68. The molecular weight excluding hydrogens is 150 g/mol. The highest BCUT2D eigenvalue weighted by Gasteiger charge is 2.05. The molecule has 0 spiro atoms. The van der Waals surface area contributed by atoms with Crippen molar-refractivity contribution < 1.29 is 4.79 Å². The Morgan fingerprint density at radius 3 is 2.75 bits per heavy atom. The summed E-state index contributed by atoms with van der Waals surface area (Å²) in [5.74, 6) is 0.220. The summed E-state index contributed by atoms with van der Waals surface area (Å²) in [5.41, 5.74) is 1.96. The van der Waals surface area contributed by atoms with Crippen molar-refractivity contribution in [2.24, 2.45) is 0 Å². The van der Waals surface area contributed by atoms with Gasteiger partial charge in [-0.25, -0.2) is 0 Å². The third-order valence-electron chi connectivity index (χ3n) is 1.93. The number of Topliss-reactive ketones (excluding diaryl/α,β-unsaturated/α-hetero) is 1. The predicted molar refractivity (Wildman–Crippen MR) is 49.4 cm³/mol. The molecule has 12 heavy (non-hydrogen) atoms. The first kappa shape index (κ1) is 9.04. The van der Waals surface area contributed by atoms with Gasteiger partial charge in [-0.2, -0.15) is 0 Å². The fourth-order valence-electron chi connectivity index (χ4n) is 1.17. The van der Waals surface area contributed by atoms with Crippen LogP contribution in [0.25, 0.3) is 0 Å². The highest BCUT2D eigenvalue weighted by Crippen LogP contribution is 2.07. The van der Waals surface area contributed by atoms with Gasteiger partial charge in [-0.05, 0) is 24.5 Å². The quantitative estimate of drug-likeness (QED) is 0.683. The zero-order chi connectivity index (χ0) is 8.97. The van der Waals surface area contributed by atoms with Crippen molar-refractivity contribution in [3.8, 4) is 0 Å². The van der Waals surface area contributed by atoms with E-state index in [-0.39, 0.29) is 5.78 Å². The second-order valence-electron chi connectivity index (χ2n) is 2.95. The standard InChI is InChI=1S/C10H15NO/c1-3-5-10(12)9-6-8(4-2)7-11-9/h6-7,11H,3-5H2,1-2H3. The number of hydrogen-bond acceptors (Lipinski definition) is 1. The van der Waals surface area contributed by atoms with Crippen LogP contribution in [0.1, 0.15) is 42.7 Å². The molecular formula is C10H15NO. The maximum absolute atomic E-state index is 11.3. The van der Waals surface area contributed by atoms with Gasteiger partial charge in [-0.3, -0.25) is 4.79 Å². The van der Waals surface area contributed by atoms with E-state index in [0.717, 1.165) is 18.5 Å². The maximum Gasteiger partial charge on any atom is 0.178 e. The Hall–Kier alpha value is -1.05.